The second-order valence-electron chi connectivity index (χ2n) is 7.51. The Morgan fingerprint density at radius 3 is 1.34 bits per heavy atom. The molecule has 0 aromatic heterocycles. The molecule has 0 fully saturated rings. The molecule has 0 saturated carbocycles. The molecule has 3 aromatic carbocycles. The molecule has 170 valence electrons. The summed E-state index contributed by atoms with van der Waals surface area (Å²) >= 11 is 0. The van der Waals surface area contributed by atoms with Crippen molar-refractivity contribution in [3.8, 4) is 11.5 Å². The summed E-state index contributed by atoms with van der Waals surface area (Å²) in [7, 11) is -2.67. The molecule has 6 nitrogen and oxygen atoms in total. The Labute approximate surface area is 191 Å². The highest BCUT2D eigenvalue weighted by atomic mass is 32.2. The van der Waals surface area contributed by atoms with Gasteiger partial charge in [0.15, 0.2) is 0 Å². The second kappa shape index (κ2) is 9.34. The molecule has 2 atom stereocenters. The number of nitrogens with zero attached hydrogens (tertiary/aromatic N) is 2. The van der Waals surface area contributed by atoms with E-state index >= 15 is 0 Å². The van der Waals surface area contributed by atoms with Crippen LogP contribution in [0.25, 0.3) is 0 Å². The number of rotatable bonds is 6. The maximum atomic E-state index is 13.6. The van der Waals surface area contributed by atoms with Gasteiger partial charge in [-0.1, -0.05) is 24.3 Å². The van der Waals surface area contributed by atoms with Crippen molar-refractivity contribution in [2.75, 3.05) is 26.7 Å². The first-order valence-electron chi connectivity index (χ1n) is 9.90. The van der Waals surface area contributed by atoms with E-state index < -0.39 is 19.5 Å². The lowest BCUT2D eigenvalue weighted by Crippen LogP contribution is -2.01. The maximum Gasteiger partial charge on any atom is 0.135 e. The van der Waals surface area contributed by atoms with Gasteiger partial charge in [-0.05, 0) is 61.4 Å². The smallest absolute Gasteiger partial charge is 0.135 e. The van der Waals surface area contributed by atoms with E-state index in [1.807, 2.05) is 38.1 Å². The number of hydrogen-bond acceptors (Lipinski definition) is 6. The van der Waals surface area contributed by atoms with Gasteiger partial charge in [0.1, 0.15) is 22.9 Å². The fourth-order valence-corrected chi connectivity index (χ4v) is 6.22. The van der Waals surface area contributed by atoms with E-state index in [1.165, 1.54) is 14.2 Å². The number of benzene rings is 3. The lowest BCUT2D eigenvalue weighted by atomic mass is 10.1. The van der Waals surface area contributed by atoms with Crippen LogP contribution < -0.4 is 9.47 Å². The Kier molecular flexibility index (Phi) is 6.95. The molecule has 0 heterocycles. The Morgan fingerprint density at radius 2 is 1.00 bits per heavy atom. The molecule has 8 heteroatoms. The van der Waals surface area contributed by atoms with Crippen molar-refractivity contribution >= 4 is 30.8 Å². The predicted octanol–water partition coefficient (Wildman–Crippen LogP) is 5.90. The molecule has 2 unspecified atom stereocenters. The summed E-state index contributed by atoms with van der Waals surface area (Å²) < 4.78 is 47.2. The summed E-state index contributed by atoms with van der Waals surface area (Å²) in [5.74, 6) is 0.999. The summed E-state index contributed by atoms with van der Waals surface area (Å²) in [5.41, 5.74) is 2.77. The average molecular weight is 473 g/mol. The summed E-state index contributed by atoms with van der Waals surface area (Å²) in [4.78, 5) is 0.988. The highest BCUT2D eigenvalue weighted by Gasteiger charge is 2.17. The SMILES string of the molecule is COc1ccccc1S(C)(=O)=Nc1cc(C)c(C)cc1N=S(C)(=O)c1ccccc1OC. The first-order valence-corrected chi connectivity index (χ1v) is 13.8. The van der Waals surface area contributed by atoms with Crippen molar-refractivity contribution in [2.45, 2.75) is 23.6 Å². The van der Waals surface area contributed by atoms with Crippen LogP contribution in [0.15, 0.2) is 79.2 Å². The summed E-state index contributed by atoms with van der Waals surface area (Å²) in [5, 5.41) is 0. The second-order valence-corrected chi connectivity index (χ2v) is 12.0. The molecular formula is C24H28N2O4S2. The Morgan fingerprint density at radius 1 is 0.656 bits per heavy atom. The van der Waals surface area contributed by atoms with E-state index in [1.54, 1.807) is 48.9 Å². The van der Waals surface area contributed by atoms with E-state index in [0.29, 0.717) is 32.7 Å². The molecule has 0 radical (unpaired) electrons. The Balaban J connectivity index is 2.28. The van der Waals surface area contributed by atoms with Crippen LogP contribution in [0.4, 0.5) is 11.4 Å². The van der Waals surface area contributed by atoms with Crippen LogP contribution in [0.3, 0.4) is 0 Å². The molecule has 32 heavy (non-hydrogen) atoms. The zero-order valence-electron chi connectivity index (χ0n) is 19.1. The normalized spacial score (nSPS) is 14.7. The van der Waals surface area contributed by atoms with Gasteiger partial charge in [-0.25, -0.2) is 8.42 Å². The van der Waals surface area contributed by atoms with E-state index in [0.717, 1.165) is 11.1 Å². The predicted molar refractivity (Wildman–Crippen MR) is 131 cm³/mol. The molecule has 0 N–H and O–H groups in total. The Hall–Kier alpha value is -2.84. The van der Waals surface area contributed by atoms with Crippen LogP contribution in [-0.4, -0.2) is 35.1 Å². The summed E-state index contributed by atoms with van der Waals surface area (Å²) in [6.07, 6.45) is 3.13. The number of methoxy groups -OCH3 is 2. The first-order chi connectivity index (χ1) is 15.1. The highest BCUT2D eigenvalue weighted by molar-refractivity contribution is 7.93. The van der Waals surface area contributed by atoms with Crippen molar-refractivity contribution in [1.29, 1.82) is 0 Å². The molecule has 0 saturated heterocycles. The third-order valence-corrected chi connectivity index (χ3v) is 8.49. The number of aryl methyl sites for hydroxylation is 2. The molecule has 0 bridgehead atoms. The molecule has 0 aliphatic heterocycles. The standard InChI is InChI=1S/C24H28N2O4S2/c1-17-15-19(25-31(5,27)23-13-9-7-11-21(23)29-3)20(16-18(17)2)26-32(6,28)24-14-10-8-12-22(24)30-4/h7-16H,1-6H3. The van der Waals surface area contributed by atoms with Gasteiger partial charge in [-0.15, -0.1) is 0 Å². The van der Waals surface area contributed by atoms with E-state index in [2.05, 4.69) is 8.73 Å². The van der Waals surface area contributed by atoms with Crippen molar-refractivity contribution in [3.05, 3.63) is 71.8 Å². The van der Waals surface area contributed by atoms with Crippen LogP contribution in [-0.2, 0) is 19.5 Å². The number of ether oxygens (including phenoxy) is 2. The number of para-hydroxylation sites is 2. The highest BCUT2D eigenvalue weighted by Crippen LogP contribution is 2.37. The minimum atomic E-state index is -2.87. The van der Waals surface area contributed by atoms with Gasteiger partial charge in [0, 0.05) is 12.5 Å². The van der Waals surface area contributed by atoms with Gasteiger partial charge in [0.2, 0.25) is 0 Å². The van der Waals surface area contributed by atoms with Crippen molar-refractivity contribution < 1.29 is 17.9 Å². The average Bonchev–Trinajstić information content (AvgIpc) is 2.76. The van der Waals surface area contributed by atoms with Crippen LogP contribution >= 0.6 is 0 Å². The van der Waals surface area contributed by atoms with Gasteiger partial charge in [0.05, 0.1) is 43.5 Å². The molecule has 3 aromatic rings. The van der Waals surface area contributed by atoms with Crippen LogP contribution in [0.2, 0.25) is 0 Å². The fourth-order valence-electron chi connectivity index (χ4n) is 3.27. The molecule has 0 aliphatic carbocycles. The summed E-state index contributed by atoms with van der Waals surface area (Å²) in [6, 6.07) is 17.8. The molecule has 3 rings (SSSR count). The van der Waals surface area contributed by atoms with Crippen molar-refractivity contribution in [2.24, 2.45) is 8.73 Å². The topological polar surface area (TPSA) is 77.3 Å². The van der Waals surface area contributed by atoms with Gasteiger partial charge in [-0.2, -0.15) is 8.73 Å². The summed E-state index contributed by atoms with van der Waals surface area (Å²) in [6.45, 7) is 3.89. The monoisotopic (exact) mass is 472 g/mol. The van der Waals surface area contributed by atoms with Crippen LogP contribution in [0, 0.1) is 13.8 Å². The van der Waals surface area contributed by atoms with Crippen LogP contribution in [0.5, 0.6) is 11.5 Å². The lowest BCUT2D eigenvalue weighted by Gasteiger charge is -2.13. The van der Waals surface area contributed by atoms with Crippen molar-refractivity contribution in [1.82, 2.24) is 0 Å². The minimum absolute atomic E-state index is 0.413. The van der Waals surface area contributed by atoms with E-state index in [-0.39, 0.29) is 0 Å². The minimum Gasteiger partial charge on any atom is -0.495 e. The largest absolute Gasteiger partial charge is 0.495 e. The quantitative estimate of drug-likeness (QED) is 0.448. The Bertz CT molecular complexity index is 1290. The van der Waals surface area contributed by atoms with Crippen LogP contribution in [0.1, 0.15) is 11.1 Å². The van der Waals surface area contributed by atoms with Gasteiger partial charge in [-0.3, -0.25) is 0 Å². The van der Waals surface area contributed by atoms with Gasteiger partial charge < -0.3 is 9.47 Å². The zero-order valence-corrected chi connectivity index (χ0v) is 20.8. The maximum absolute atomic E-state index is 13.6. The zero-order chi connectivity index (χ0) is 23.5. The van der Waals surface area contributed by atoms with Crippen molar-refractivity contribution in [3.63, 3.8) is 0 Å². The number of hydrogen-bond donors (Lipinski definition) is 0. The third kappa shape index (κ3) is 4.97. The third-order valence-electron chi connectivity index (χ3n) is 5.09. The molecule has 0 aliphatic rings. The molecular weight excluding hydrogens is 444 g/mol. The molecule has 0 amide bonds. The fraction of sp³-hybridized carbons (Fsp3) is 0.250. The van der Waals surface area contributed by atoms with E-state index in [4.69, 9.17) is 9.47 Å². The lowest BCUT2D eigenvalue weighted by molar-refractivity contribution is 0.403. The van der Waals surface area contributed by atoms with E-state index in [9.17, 15) is 8.42 Å². The van der Waals surface area contributed by atoms with Gasteiger partial charge in [0.25, 0.3) is 0 Å². The van der Waals surface area contributed by atoms with Gasteiger partial charge >= 0.3 is 0 Å². The first kappa shape index (κ1) is 23.8. The molecule has 0 spiro atoms.